The lowest BCUT2D eigenvalue weighted by atomic mass is 10.0. The highest BCUT2D eigenvalue weighted by molar-refractivity contribution is 4.51. The first-order chi connectivity index (χ1) is 22.5. The van der Waals surface area contributed by atoms with Gasteiger partial charge < -0.3 is 38.4 Å². The number of rotatable bonds is 36. The van der Waals surface area contributed by atoms with Gasteiger partial charge in [0.15, 0.2) is 0 Å². The molecule has 0 amide bonds. The predicted molar refractivity (Wildman–Crippen MR) is 214 cm³/mol. The molecule has 4 heteroatoms. The molecule has 0 aromatic heterocycles. The number of nitrogens with zero attached hydrogens (tertiary/aromatic N) is 2. The molecule has 0 aromatic rings. The molecule has 0 aliphatic carbocycles. The van der Waals surface area contributed by atoms with Crippen molar-refractivity contribution in [2.24, 2.45) is 0 Å². The van der Waals surface area contributed by atoms with Crippen LogP contribution in [0.25, 0.3) is 0 Å². The van der Waals surface area contributed by atoms with Crippen molar-refractivity contribution in [3.05, 3.63) is 0 Å². The molecule has 0 spiro atoms. The molecule has 0 saturated heterocycles. The van der Waals surface area contributed by atoms with Crippen LogP contribution in [0.4, 0.5) is 0 Å². The Morgan fingerprint density at radius 3 is 0.521 bits per heavy atom. The van der Waals surface area contributed by atoms with Gasteiger partial charge in [0.2, 0.25) is 0 Å². The van der Waals surface area contributed by atoms with Gasteiger partial charge in [0.05, 0.1) is 52.4 Å². The first-order valence-electron chi connectivity index (χ1n) is 22.2. The summed E-state index contributed by atoms with van der Waals surface area (Å²) in [7, 11) is 0. The van der Waals surface area contributed by atoms with E-state index in [9.17, 15) is 0 Å². The normalized spacial score (nSPS) is 11.5. The molecule has 0 bridgehead atoms. The van der Waals surface area contributed by atoms with Gasteiger partial charge in [0.1, 0.15) is 0 Å². The highest BCUT2D eigenvalue weighted by atomic mass is 79.9. The summed E-state index contributed by atoms with van der Waals surface area (Å²) in [6, 6.07) is 0. The quantitative estimate of drug-likeness (QED) is 0.0443. The van der Waals surface area contributed by atoms with Crippen molar-refractivity contribution in [3.63, 3.8) is 0 Å². The van der Waals surface area contributed by atoms with Crippen molar-refractivity contribution >= 4 is 0 Å². The highest BCUT2D eigenvalue weighted by Gasteiger charge is 2.20. The maximum atomic E-state index is 2.36. The van der Waals surface area contributed by atoms with Gasteiger partial charge in [-0.05, 0) is 67.2 Å². The van der Waals surface area contributed by atoms with Crippen LogP contribution in [0, 0.1) is 0 Å². The van der Waals surface area contributed by atoms with Crippen LogP contribution in [0.15, 0.2) is 0 Å². The zero-order chi connectivity index (χ0) is 34.5. The number of halogens is 2. The van der Waals surface area contributed by atoms with Crippen molar-refractivity contribution in [2.75, 3.05) is 52.4 Å². The van der Waals surface area contributed by atoms with Crippen LogP contribution in [-0.2, 0) is 0 Å². The maximum absolute atomic E-state index is 2.36. The highest BCUT2D eigenvalue weighted by Crippen LogP contribution is 2.16. The Kier molecular flexibility index (Phi) is 50.7. The summed E-state index contributed by atoms with van der Waals surface area (Å²) in [6.45, 7) is 29.4. The lowest BCUT2D eigenvalue weighted by Gasteiger charge is -2.35. The summed E-state index contributed by atoms with van der Waals surface area (Å²) in [5.41, 5.74) is 0. The Labute approximate surface area is 324 Å². The third-order valence-electron chi connectivity index (χ3n) is 12.0. The third-order valence-corrected chi connectivity index (χ3v) is 12.0. The lowest BCUT2D eigenvalue weighted by molar-refractivity contribution is -0.923. The van der Waals surface area contributed by atoms with E-state index in [1.54, 1.807) is 0 Å². The van der Waals surface area contributed by atoms with Gasteiger partial charge in [0, 0.05) is 0 Å². The van der Waals surface area contributed by atoms with E-state index >= 15 is 0 Å². The molecule has 0 fully saturated rings. The van der Waals surface area contributed by atoms with Crippen LogP contribution in [0.5, 0.6) is 0 Å². The molecule has 0 rings (SSSR count). The lowest BCUT2D eigenvalue weighted by Crippen LogP contribution is -3.00. The standard InChI is InChI=1S/2C22H48N.BrH.ClH/c2*1-5-9-10-11-12-13-14-15-16-17-18-19-20-21-22-23(6-2,7-3)8-4;;/h2*5-22H2,1-4H3;2*1H/q2*+1;;/p-2. The zero-order valence-electron chi connectivity index (χ0n) is 35.1. The summed E-state index contributed by atoms with van der Waals surface area (Å²) in [4.78, 5) is 0. The summed E-state index contributed by atoms with van der Waals surface area (Å²) in [6.07, 6.45) is 40.9. The average Bonchev–Trinajstić information content (AvgIpc) is 3.09. The molecule has 0 heterocycles. The molecular weight excluding hydrogens is 672 g/mol. The number of quaternary nitrogens is 2. The Hall–Kier alpha value is 0.690. The van der Waals surface area contributed by atoms with E-state index in [1.807, 2.05) is 0 Å². The minimum Gasteiger partial charge on any atom is -1.00 e. The largest absolute Gasteiger partial charge is 1.00 e. The van der Waals surface area contributed by atoms with Gasteiger partial charge >= 0.3 is 0 Å². The smallest absolute Gasteiger partial charge is 0.0786 e. The third kappa shape index (κ3) is 35.1. The Morgan fingerprint density at radius 2 is 0.375 bits per heavy atom. The van der Waals surface area contributed by atoms with Gasteiger partial charge in [-0.25, -0.2) is 0 Å². The molecule has 0 aromatic carbocycles. The van der Waals surface area contributed by atoms with Crippen LogP contribution in [0.3, 0.4) is 0 Å². The fourth-order valence-electron chi connectivity index (χ4n) is 7.57. The predicted octanol–water partition coefficient (Wildman–Crippen LogP) is 8.70. The maximum Gasteiger partial charge on any atom is 0.0786 e. The van der Waals surface area contributed by atoms with Crippen molar-refractivity contribution in [2.45, 2.75) is 235 Å². The minimum absolute atomic E-state index is 0. The van der Waals surface area contributed by atoms with Crippen LogP contribution in [0.1, 0.15) is 235 Å². The van der Waals surface area contributed by atoms with Crippen LogP contribution >= 0.6 is 0 Å². The molecule has 296 valence electrons. The van der Waals surface area contributed by atoms with E-state index in [1.165, 1.54) is 241 Å². The van der Waals surface area contributed by atoms with Gasteiger partial charge in [-0.1, -0.05) is 168 Å². The Morgan fingerprint density at radius 1 is 0.229 bits per heavy atom. The van der Waals surface area contributed by atoms with E-state index in [2.05, 4.69) is 55.4 Å². The van der Waals surface area contributed by atoms with Gasteiger partial charge in [-0.2, -0.15) is 0 Å². The Bertz CT molecular complexity index is 485. The second kappa shape index (κ2) is 43.9. The fourth-order valence-corrected chi connectivity index (χ4v) is 7.57. The number of unbranched alkanes of at least 4 members (excludes halogenated alkanes) is 26. The van der Waals surface area contributed by atoms with Gasteiger partial charge in [-0.15, -0.1) is 0 Å². The second-order valence-corrected chi connectivity index (χ2v) is 15.2. The molecule has 2 nitrogen and oxygen atoms in total. The zero-order valence-corrected chi connectivity index (χ0v) is 37.4. The molecule has 0 N–H and O–H groups in total. The van der Waals surface area contributed by atoms with E-state index in [-0.39, 0.29) is 29.4 Å². The topological polar surface area (TPSA) is 0 Å². The fraction of sp³-hybridized carbons (Fsp3) is 1.00. The van der Waals surface area contributed by atoms with E-state index in [4.69, 9.17) is 0 Å². The van der Waals surface area contributed by atoms with Crippen molar-refractivity contribution < 1.29 is 38.4 Å². The average molecular weight is 769 g/mol. The van der Waals surface area contributed by atoms with E-state index < -0.39 is 0 Å². The van der Waals surface area contributed by atoms with Crippen molar-refractivity contribution in [3.8, 4) is 0 Å². The molecule has 48 heavy (non-hydrogen) atoms. The molecule has 0 aliphatic heterocycles. The Balaban J connectivity index is -0.000000387. The molecule has 0 atom stereocenters. The van der Waals surface area contributed by atoms with Crippen molar-refractivity contribution in [1.82, 2.24) is 0 Å². The summed E-state index contributed by atoms with van der Waals surface area (Å²) >= 11 is 0. The van der Waals surface area contributed by atoms with Gasteiger partial charge in [-0.3, -0.25) is 0 Å². The first kappa shape index (κ1) is 55.4. The monoisotopic (exact) mass is 767 g/mol. The SMILES string of the molecule is CCCCCCCCCCCCCCCC[N+](CC)(CC)CC.CCCCCCCCCCCCCCCC[N+](CC)(CC)CC.[Br-].[Cl-]. The molecular formula is C44H96BrClN2. The van der Waals surface area contributed by atoms with Crippen LogP contribution < -0.4 is 29.4 Å². The van der Waals surface area contributed by atoms with Crippen LogP contribution in [-0.4, -0.2) is 61.3 Å². The summed E-state index contributed by atoms with van der Waals surface area (Å²) in [5.74, 6) is 0. The molecule has 0 saturated carbocycles. The first-order valence-corrected chi connectivity index (χ1v) is 22.2. The van der Waals surface area contributed by atoms with E-state index in [0.717, 1.165) is 0 Å². The number of hydrogen-bond donors (Lipinski definition) is 0. The number of hydrogen-bond acceptors (Lipinski definition) is 0. The van der Waals surface area contributed by atoms with Crippen molar-refractivity contribution in [1.29, 1.82) is 0 Å². The second-order valence-electron chi connectivity index (χ2n) is 15.2. The van der Waals surface area contributed by atoms with Gasteiger partial charge in [0.25, 0.3) is 0 Å². The summed E-state index contributed by atoms with van der Waals surface area (Å²) in [5, 5.41) is 0. The molecule has 0 radical (unpaired) electrons. The molecule has 0 unspecified atom stereocenters. The van der Waals surface area contributed by atoms with E-state index in [0.29, 0.717) is 0 Å². The van der Waals surface area contributed by atoms with Crippen LogP contribution in [0.2, 0.25) is 0 Å². The minimum atomic E-state index is 0. The summed E-state index contributed by atoms with van der Waals surface area (Å²) < 4.78 is 2.66. The molecule has 0 aliphatic rings.